The van der Waals surface area contributed by atoms with Crippen LogP contribution in [0.2, 0.25) is 0 Å². The molecule has 1 aliphatic heterocycles. The third-order valence-electron chi connectivity index (χ3n) is 8.18. The molecule has 1 saturated heterocycles. The molecule has 0 radical (unpaired) electrons. The van der Waals surface area contributed by atoms with E-state index >= 15 is 0 Å². The molecule has 1 saturated carbocycles. The summed E-state index contributed by atoms with van der Waals surface area (Å²) in [5.74, 6) is 0.764. The van der Waals surface area contributed by atoms with Crippen LogP contribution in [0.15, 0.2) is 54.9 Å². The second-order valence-electron chi connectivity index (χ2n) is 10.1. The average Bonchev–Trinajstić information content (AvgIpc) is 3.38. The van der Waals surface area contributed by atoms with Gasteiger partial charge >= 0.3 is 0 Å². The lowest BCUT2D eigenvalue weighted by atomic mass is 9.68. The quantitative estimate of drug-likeness (QED) is 0.796. The zero-order valence-corrected chi connectivity index (χ0v) is 18.7. The molecular weight excluding hydrogens is 382 g/mol. The largest absolute Gasteiger partial charge is 0.351 e. The first kappa shape index (κ1) is 20.4. The fourth-order valence-electron chi connectivity index (χ4n) is 6.18. The minimum Gasteiger partial charge on any atom is -0.351 e. The number of pyridine rings is 1. The van der Waals surface area contributed by atoms with Gasteiger partial charge in [0.1, 0.15) is 0 Å². The van der Waals surface area contributed by atoms with Crippen LogP contribution in [0.5, 0.6) is 0 Å². The summed E-state index contributed by atoms with van der Waals surface area (Å²) in [5, 5.41) is 3.16. The number of hydrogen-bond donors (Lipinski definition) is 1. The maximum atomic E-state index is 13.0. The van der Waals surface area contributed by atoms with Gasteiger partial charge in [-0.25, -0.2) is 0 Å². The van der Waals surface area contributed by atoms with Crippen molar-refractivity contribution in [1.29, 1.82) is 0 Å². The smallest absolute Gasteiger partial charge is 0.226 e. The summed E-state index contributed by atoms with van der Waals surface area (Å²) in [6.45, 7) is 7.34. The monoisotopic (exact) mass is 415 g/mol. The highest BCUT2D eigenvalue weighted by Crippen LogP contribution is 2.49. The number of hydrogen-bond acceptors (Lipinski definition) is 3. The van der Waals surface area contributed by atoms with Gasteiger partial charge in [0.15, 0.2) is 0 Å². The van der Waals surface area contributed by atoms with Crippen molar-refractivity contribution in [2.45, 2.75) is 57.5 Å². The molecule has 2 fully saturated rings. The Balaban J connectivity index is 1.21. The van der Waals surface area contributed by atoms with Gasteiger partial charge in [0.05, 0.1) is 0 Å². The average molecular weight is 416 g/mol. The number of fused-ring (bicyclic) bond motifs is 2. The zero-order chi connectivity index (χ0) is 21.5. The predicted molar refractivity (Wildman–Crippen MR) is 124 cm³/mol. The van der Waals surface area contributed by atoms with Crippen LogP contribution in [0.1, 0.15) is 56.2 Å². The van der Waals surface area contributed by atoms with Crippen molar-refractivity contribution in [3.63, 3.8) is 0 Å². The van der Waals surface area contributed by atoms with E-state index in [1.54, 1.807) is 6.20 Å². The van der Waals surface area contributed by atoms with Crippen LogP contribution in [0, 0.1) is 11.3 Å². The highest BCUT2D eigenvalue weighted by Gasteiger charge is 2.48. The van der Waals surface area contributed by atoms with Crippen LogP contribution < -0.4 is 5.32 Å². The lowest BCUT2D eigenvalue weighted by molar-refractivity contribution is -0.130. The molecule has 2 heterocycles. The summed E-state index contributed by atoms with van der Waals surface area (Å²) in [6.07, 6.45) is 12.6. The third kappa shape index (κ3) is 3.61. The number of carbonyl (C=O) groups is 1. The maximum Gasteiger partial charge on any atom is 0.226 e. The van der Waals surface area contributed by atoms with E-state index in [1.165, 1.54) is 17.5 Å². The second kappa shape index (κ2) is 7.90. The van der Waals surface area contributed by atoms with Crippen molar-refractivity contribution >= 4 is 12.0 Å². The predicted octanol–water partition coefficient (Wildman–Crippen LogP) is 4.56. The van der Waals surface area contributed by atoms with Crippen molar-refractivity contribution < 1.29 is 4.79 Å². The van der Waals surface area contributed by atoms with Crippen molar-refractivity contribution in [2.75, 3.05) is 13.1 Å². The Morgan fingerprint density at radius 2 is 2.10 bits per heavy atom. The molecule has 1 aromatic heterocycles. The Hall–Kier alpha value is -2.46. The first-order valence-corrected chi connectivity index (χ1v) is 11.7. The highest BCUT2D eigenvalue weighted by atomic mass is 16.2. The standard InChI is InChI=1S/C27H33N3O/c1-20-19-30(15-13-27(20)12-9-22-7-3-4-8-24(22)27)23-10-11-26(2,16-23)25(31)29-18-21-6-5-14-28-17-21/h3-9,12,14,17,20,23H,10-11,13,15-16,18-19H2,1-2H3,(H,29,31)/t20-,23?,26?,27-/m0/s1. The molecule has 1 aromatic carbocycles. The van der Waals surface area contributed by atoms with Crippen molar-refractivity contribution in [1.82, 2.24) is 15.2 Å². The van der Waals surface area contributed by atoms with E-state index in [4.69, 9.17) is 0 Å². The van der Waals surface area contributed by atoms with E-state index in [9.17, 15) is 4.79 Å². The van der Waals surface area contributed by atoms with Crippen LogP contribution in [0.25, 0.3) is 6.08 Å². The molecule has 162 valence electrons. The summed E-state index contributed by atoms with van der Waals surface area (Å²) in [6, 6.07) is 13.3. The van der Waals surface area contributed by atoms with E-state index in [0.29, 0.717) is 18.5 Å². The molecular formula is C27H33N3O. The van der Waals surface area contributed by atoms with Gasteiger partial charge in [-0.3, -0.25) is 14.7 Å². The van der Waals surface area contributed by atoms with Gasteiger partial charge in [-0.2, -0.15) is 0 Å². The highest BCUT2D eigenvalue weighted by molar-refractivity contribution is 5.82. The molecule has 3 aliphatic rings. The molecule has 1 amide bonds. The number of carbonyl (C=O) groups excluding carboxylic acids is 1. The number of amides is 1. The Kier molecular flexibility index (Phi) is 5.21. The summed E-state index contributed by atoms with van der Waals surface area (Å²) < 4.78 is 0. The van der Waals surface area contributed by atoms with Gasteiger partial charge in [-0.05, 0) is 60.9 Å². The van der Waals surface area contributed by atoms with Crippen molar-refractivity contribution in [3.05, 3.63) is 71.6 Å². The number of allylic oxidation sites excluding steroid dienone is 1. The number of nitrogens with zero attached hydrogens (tertiary/aromatic N) is 2. The topological polar surface area (TPSA) is 45.2 Å². The number of benzene rings is 1. The maximum absolute atomic E-state index is 13.0. The third-order valence-corrected chi connectivity index (χ3v) is 8.18. The fraction of sp³-hybridized carbons (Fsp3) is 0.481. The van der Waals surface area contributed by atoms with Gasteiger partial charge in [0.2, 0.25) is 5.91 Å². The number of nitrogens with one attached hydrogen (secondary N) is 1. The van der Waals surface area contributed by atoms with Crippen LogP contribution in [-0.2, 0) is 16.8 Å². The Morgan fingerprint density at radius 3 is 2.90 bits per heavy atom. The molecule has 2 aromatic rings. The zero-order valence-electron chi connectivity index (χ0n) is 18.7. The Bertz CT molecular complexity index is 987. The Morgan fingerprint density at radius 1 is 1.23 bits per heavy atom. The van der Waals surface area contributed by atoms with E-state index in [-0.39, 0.29) is 16.7 Å². The summed E-state index contributed by atoms with van der Waals surface area (Å²) in [4.78, 5) is 19.8. The summed E-state index contributed by atoms with van der Waals surface area (Å²) in [5.41, 5.74) is 3.87. The lowest BCUT2D eigenvalue weighted by Crippen LogP contribution is -2.50. The number of aromatic nitrogens is 1. The lowest BCUT2D eigenvalue weighted by Gasteiger charge is -2.46. The molecule has 4 atom stereocenters. The first-order valence-electron chi connectivity index (χ1n) is 11.7. The molecule has 2 unspecified atom stereocenters. The Labute approximate surface area is 185 Å². The number of piperidine rings is 1. The van der Waals surface area contributed by atoms with Crippen LogP contribution >= 0.6 is 0 Å². The van der Waals surface area contributed by atoms with Gasteiger partial charge in [0.25, 0.3) is 0 Å². The molecule has 1 N–H and O–H groups in total. The van der Waals surface area contributed by atoms with Gasteiger partial charge in [-0.1, -0.05) is 56.3 Å². The minimum absolute atomic E-state index is 0.188. The summed E-state index contributed by atoms with van der Waals surface area (Å²) in [7, 11) is 0. The number of rotatable bonds is 4. The van der Waals surface area contributed by atoms with E-state index in [1.807, 2.05) is 18.3 Å². The van der Waals surface area contributed by atoms with Crippen LogP contribution in [-0.4, -0.2) is 34.9 Å². The number of likely N-dealkylation sites (tertiary alicyclic amines) is 1. The molecule has 1 spiro atoms. The first-order chi connectivity index (χ1) is 15.0. The molecule has 31 heavy (non-hydrogen) atoms. The summed E-state index contributed by atoms with van der Waals surface area (Å²) >= 11 is 0. The second-order valence-corrected chi connectivity index (χ2v) is 10.1. The van der Waals surface area contributed by atoms with E-state index < -0.39 is 0 Å². The van der Waals surface area contributed by atoms with E-state index in [0.717, 1.165) is 37.9 Å². The van der Waals surface area contributed by atoms with Crippen molar-refractivity contribution in [3.8, 4) is 0 Å². The van der Waals surface area contributed by atoms with Gasteiger partial charge in [-0.15, -0.1) is 0 Å². The molecule has 0 bridgehead atoms. The van der Waals surface area contributed by atoms with Gasteiger partial charge < -0.3 is 5.32 Å². The van der Waals surface area contributed by atoms with E-state index in [2.05, 4.69) is 65.5 Å². The molecule has 5 rings (SSSR count). The van der Waals surface area contributed by atoms with Crippen LogP contribution in [0.4, 0.5) is 0 Å². The van der Waals surface area contributed by atoms with Gasteiger partial charge in [0, 0.05) is 42.4 Å². The molecule has 4 nitrogen and oxygen atoms in total. The molecule has 2 aliphatic carbocycles. The van der Waals surface area contributed by atoms with Crippen LogP contribution in [0.3, 0.4) is 0 Å². The minimum atomic E-state index is -0.273. The van der Waals surface area contributed by atoms with Crippen molar-refractivity contribution in [2.24, 2.45) is 11.3 Å². The fourth-order valence-corrected chi connectivity index (χ4v) is 6.18. The SMILES string of the molecule is C[C@H]1CN(C2CCC(C)(C(=O)NCc3cccnc3)C2)CC[C@@]12C=Cc1ccccc12. The molecule has 4 heteroatoms. The normalized spacial score (nSPS) is 32.3.